The van der Waals surface area contributed by atoms with Gasteiger partial charge in [0.25, 0.3) is 0 Å². The van der Waals surface area contributed by atoms with Crippen molar-refractivity contribution in [3.8, 4) is 0 Å². The van der Waals surface area contributed by atoms with E-state index in [1.165, 1.54) is 12.8 Å². The van der Waals surface area contributed by atoms with E-state index < -0.39 is 75.7 Å². The number of hydrogen-bond donors (Lipinski definition) is 6. The van der Waals surface area contributed by atoms with Gasteiger partial charge in [0.2, 0.25) is 0 Å². The van der Waals surface area contributed by atoms with Gasteiger partial charge in [-0.05, 0) is 64.2 Å². The summed E-state index contributed by atoms with van der Waals surface area (Å²) in [7, 11) is -5.12. The van der Waals surface area contributed by atoms with Crippen molar-refractivity contribution in [2.45, 2.75) is 185 Å². The highest BCUT2D eigenvalue weighted by Gasteiger charge is 2.51. The van der Waals surface area contributed by atoms with Crippen molar-refractivity contribution in [2.75, 3.05) is 13.2 Å². The molecular formula is C41H71O13P. The Balaban J connectivity index is 2.53. The molecule has 0 spiro atoms. The highest BCUT2D eigenvalue weighted by Crippen LogP contribution is 2.47. The third-order valence-corrected chi connectivity index (χ3v) is 10.1. The molecule has 0 radical (unpaired) electrons. The molecule has 0 aliphatic heterocycles. The van der Waals surface area contributed by atoms with Gasteiger partial charge in [-0.25, -0.2) is 4.57 Å². The van der Waals surface area contributed by atoms with E-state index in [-0.39, 0.29) is 12.8 Å². The first-order valence-electron chi connectivity index (χ1n) is 20.4. The average Bonchev–Trinajstić information content (AvgIpc) is 3.16. The zero-order chi connectivity index (χ0) is 40.7. The van der Waals surface area contributed by atoms with Gasteiger partial charge in [-0.1, -0.05) is 114 Å². The molecule has 1 saturated carbocycles. The summed E-state index contributed by atoms with van der Waals surface area (Å²) in [4.78, 5) is 35.5. The Morgan fingerprint density at radius 3 is 1.60 bits per heavy atom. The summed E-state index contributed by atoms with van der Waals surface area (Å²) in [6, 6.07) is 0. The maximum Gasteiger partial charge on any atom is 0.472 e. The van der Waals surface area contributed by atoms with Crippen LogP contribution >= 0.6 is 7.82 Å². The fraction of sp³-hybridized carbons (Fsp3) is 0.756. The van der Waals surface area contributed by atoms with Crippen molar-refractivity contribution in [2.24, 2.45) is 0 Å². The summed E-state index contributed by atoms with van der Waals surface area (Å²) in [5, 5.41) is 50.0. The summed E-state index contributed by atoms with van der Waals surface area (Å²) in [6.45, 7) is 3.09. The Morgan fingerprint density at radius 2 is 1.04 bits per heavy atom. The third kappa shape index (κ3) is 24.9. The molecule has 318 valence electrons. The van der Waals surface area contributed by atoms with Crippen LogP contribution in [0.3, 0.4) is 0 Å². The first-order valence-corrected chi connectivity index (χ1v) is 21.9. The topological polar surface area (TPSA) is 210 Å². The molecular weight excluding hydrogens is 731 g/mol. The van der Waals surface area contributed by atoms with Gasteiger partial charge in [0.05, 0.1) is 6.61 Å². The Hall–Kier alpha value is -2.19. The molecule has 0 aromatic carbocycles. The van der Waals surface area contributed by atoms with E-state index in [1.54, 1.807) is 0 Å². The SMILES string of the molecule is CC/C=C\C/C=C\C/C=C\CCCCCCCC(=O)OC[C@H](COP(=O)(O)OC1C(O)C(O)C(O)[C@@H](O)C1O)OC(=O)CCCCCCC/C=C\CCCC. The van der Waals surface area contributed by atoms with Crippen LogP contribution in [-0.2, 0) is 32.7 Å². The highest BCUT2D eigenvalue weighted by atomic mass is 31.2. The van der Waals surface area contributed by atoms with E-state index in [4.69, 9.17) is 18.5 Å². The number of phosphoric ester groups is 1. The van der Waals surface area contributed by atoms with Gasteiger partial charge in [-0.15, -0.1) is 0 Å². The summed E-state index contributed by atoms with van der Waals surface area (Å²) in [6.07, 6.45) is 21.8. The standard InChI is InChI=1S/C41H71O13P/c1-3-5-7-9-11-13-15-16-17-18-20-21-23-25-27-29-34(42)51-31-33(53-35(43)30-28-26-24-22-19-14-12-10-8-6-4-2)32-52-55(49,50)54-41-39(47)37(45)36(44)38(46)40(41)48/h5,7,10-13,16-17,33,36-41,44-48H,3-4,6,8-9,14-15,18-32H2,1-2H3,(H,49,50)/b7-5-,12-10-,13-11-,17-16-/t33-,36?,37-,38?,39?,40?,41?/m1/s1. The fourth-order valence-electron chi connectivity index (χ4n) is 5.81. The molecule has 0 amide bonds. The minimum atomic E-state index is -5.12. The van der Waals surface area contributed by atoms with Crippen LogP contribution in [0.5, 0.6) is 0 Å². The molecule has 0 bridgehead atoms. The van der Waals surface area contributed by atoms with Gasteiger partial charge < -0.3 is 39.9 Å². The first kappa shape index (κ1) is 50.8. The van der Waals surface area contributed by atoms with Crippen molar-refractivity contribution in [1.82, 2.24) is 0 Å². The second kappa shape index (κ2) is 31.8. The molecule has 0 aromatic heterocycles. The number of carbonyl (C=O) groups is 2. The molecule has 0 saturated heterocycles. The van der Waals surface area contributed by atoms with Gasteiger partial charge >= 0.3 is 19.8 Å². The van der Waals surface area contributed by atoms with Gasteiger partial charge in [-0.3, -0.25) is 18.6 Å². The Morgan fingerprint density at radius 1 is 0.582 bits per heavy atom. The second-order valence-corrected chi connectivity index (χ2v) is 15.5. The predicted molar refractivity (Wildman–Crippen MR) is 212 cm³/mol. The molecule has 1 rings (SSSR count). The Kier molecular flexibility index (Phi) is 29.4. The number of aliphatic hydroxyl groups is 5. The minimum Gasteiger partial charge on any atom is -0.462 e. The molecule has 1 fully saturated rings. The fourth-order valence-corrected chi connectivity index (χ4v) is 6.78. The van der Waals surface area contributed by atoms with Crippen molar-refractivity contribution < 1.29 is 63.1 Å². The van der Waals surface area contributed by atoms with E-state index in [0.717, 1.165) is 89.9 Å². The van der Waals surface area contributed by atoms with Gasteiger partial charge in [0.15, 0.2) is 6.10 Å². The normalized spacial score (nSPS) is 23.6. The summed E-state index contributed by atoms with van der Waals surface area (Å²) >= 11 is 0. The molecule has 6 unspecified atom stereocenters. The molecule has 0 heterocycles. The monoisotopic (exact) mass is 802 g/mol. The number of phosphoric acid groups is 1. The number of hydrogen-bond acceptors (Lipinski definition) is 12. The number of aliphatic hydroxyl groups excluding tert-OH is 5. The van der Waals surface area contributed by atoms with E-state index in [0.29, 0.717) is 12.8 Å². The lowest BCUT2D eigenvalue weighted by molar-refractivity contribution is -0.220. The van der Waals surface area contributed by atoms with Crippen LogP contribution in [0.1, 0.15) is 142 Å². The summed E-state index contributed by atoms with van der Waals surface area (Å²) in [5.74, 6) is -1.14. The van der Waals surface area contributed by atoms with Crippen LogP contribution in [0, 0.1) is 0 Å². The number of rotatable bonds is 32. The quantitative estimate of drug-likeness (QED) is 0.0179. The molecule has 1 aliphatic rings. The number of allylic oxidation sites excluding steroid dienone is 8. The lowest BCUT2D eigenvalue weighted by Gasteiger charge is -2.41. The van der Waals surface area contributed by atoms with E-state index in [9.17, 15) is 44.6 Å². The van der Waals surface area contributed by atoms with E-state index >= 15 is 0 Å². The van der Waals surface area contributed by atoms with Crippen LogP contribution in [0.25, 0.3) is 0 Å². The predicted octanol–water partition coefficient (Wildman–Crippen LogP) is 6.83. The van der Waals surface area contributed by atoms with E-state index in [2.05, 4.69) is 62.5 Å². The van der Waals surface area contributed by atoms with Gasteiger partial charge in [-0.2, -0.15) is 0 Å². The molecule has 55 heavy (non-hydrogen) atoms. The lowest BCUT2D eigenvalue weighted by atomic mass is 9.85. The maximum absolute atomic E-state index is 12.8. The maximum atomic E-state index is 12.8. The van der Waals surface area contributed by atoms with Crippen molar-refractivity contribution in [3.05, 3.63) is 48.6 Å². The van der Waals surface area contributed by atoms with Gasteiger partial charge in [0, 0.05) is 12.8 Å². The minimum absolute atomic E-state index is 0.0804. The number of esters is 2. The smallest absolute Gasteiger partial charge is 0.462 e. The number of ether oxygens (including phenoxy) is 2. The van der Waals surface area contributed by atoms with Crippen LogP contribution < -0.4 is 0 Å². The Labute approximate surface area is 329 Å². The zero-order valence-corrected chi connectivity index (χ0v) is 34.1. The summed E-state index contributed by atoms with van der Waals surface area (Å²) in [5.41, 5.74) is 0. The van der Waals surface area contributed by atoms with Crippen molar-refractivity contribution in [3.63, 3.8) is 0 Å². The largest absolute Gasteiger partial charge is 0.472 e. The lowest BCUT2D eigenvalue weighted by Crippen LogP contribution is -2.64. The average molecular weight is 803 g/mol. The highest BCUT2D eigenvalue weighted by molar-refractivity contribution is 7.47. The third-order valence-electron chi connectivity index (χ3n) is 9.15. The molecule has 13 nitrogen and oxygen atoms in total. The van der Waals surface area contributed by atoms with Crippen molar-refractivity contribution >= 4 is 19.8 Å². The summed E-state index contributed by atoms with van der Waals surface area (Å²) < 4.78 is 33.3. The first-order chi connectivity index (χ1) is 26.4. The molecule has 0 aromatic rings. The second-order valence-electron chi connectivity index (χ2n) is 14.1. The van der Waals surface area contributed by atoms with Crippen molar-refractivity contribution in [1.29, 1.82) is 0 Å². The molecule has 14 heteroatoms. The number of unbranched alkanes of at least 4 members (excludes halogenated alkanes) is 12. The van der Waals surface area contributed by atoms with Crippen LogP contribution in [-0.4, -0.2) is 98.3 Å². The Bertz CT molecular complexity index is 1160. The van der Waals surface area contributed by atoms with Crippen LogP contribution in [0.4, 0.5) is 0 Å². The van der Waals surface area contributed by atoms with Crippen LogP contribution in [0.15, 0.2) is 48.6 Å². The zero-order valence-electron chi connectivity index (χ0n) is 33.2. The number of carbonyl (C=O) groups excluding carboxylic acids is 2. The van der Waals surface area contributed by atoms with E-state index in [1.807, 2.05) is 0 Å². The van der Waals surface area contributed by atoms with Gasteiger partial charge in [0.1, 0.15) is 43.2 Å². The molecule has 1 aliphatic carbocycles. The molecule has 6 N–H and O–H groups in total. The van der Waals surface area contributed by atoms with Crippen LogP contribution in [0.2, 0.25) is 0 Å². The molecule has 8 atom stereocenters.